The summed E-state index contributed by atoms with van der Waals surface area (Å²) in [4.78, 5) is 29.6. The average molecular weight is 374 g/mol. The molecule has 0 unspecified atom stereocenters. The van der Waals surface area contributed by atoms with Crippen LogP contribution in [0.2, 0.25) is 0 Å². The summed E-state index contributed by atoms with van der Waals surface area (Å²) in [6, 6.07) is 9.96. The van der Waals surface area contributed by atoms with Crippen LogP contribution in [0.1, 0.15) is 22.9 Å². The topological polar surface area (TPSA) is 52.7 Å². The molecule has 2 rings (SSSR count). The van der Waals surface area contributed by atoms with Gasteiger partial charge in [0.25, 0.3) is 0 Å². The Balaban J connectivity index is 1.88. The van der Waals surface area contributed by atoms with Gasteiger partial charge in [-0.15, -0.1) is 11.3 Å². The summed E-state index contributed by atoms with van der Waals surface area (Å²) >= 11 is 1.69. The molecule has 1 aromatic carbocycles. The van der Waals surface area contributed by atoms with Crippen molar-refractivity contribution in [3.05, 3.63) is 51.7 Å². The van der Waals surface area contributed by atoms with Crippen molar-refractivity contribution in [1.29, 1.82) is 0 Å². The van der Waals surface area contributed by atoms with Gasteiger partial charge in [-0.25, -0.2) is 0 Å². The van der Waals surface area contributed by atoms with Crippen LogP contribution in [-0.2, 0) is 16.1 Å². The van der Waals surface area contributed by atoms with E-state index in [4.69, 9.17) is 0 Å². The summed E-state index contributed by atoms with van der Waals surface area (Å²) in [5, 5.41) is 4.96. The third-order valence-electron chi connectivity index (χ3n) is 4.32. The SMILES string of the molecule is CCN(CC(=O)N(C)CC(=O)Nc1c(C)cccc1C)Cc1cccs1. The fourth-order valence-corrected chi connectivity index (χ4v) is 3.45. The highest BCUT2D eigenvalue weighted by Gasteiger charge is 2.17. The molecule has 5 nitrogen and oxygen atoms in total. The highest BCUT2D eigenvalue weighted by Crippen LogP contribution is 2.19. The molecule has 0 radical (unpaired) electrons. The predicted octanol–water partition coefficient (Wildman–Crippen LogP) is 3.28. The molecule has 0 aliphatic heterocycles. The molecule has 26 heavy (non-hydrogen) atoms. The van der Waals surface area contributed by atoms with E-state index in [9.17, 15) is 9.59 Å². The van der Waals surface area contributed by atoms with Crippen LogP contribution in [0.3, 0.4) is 0 Å². The lowest BCUT2D eigenvalue weighted by Crippen LogP contribution is -2.41. The normalized spacial score (nSPS) is 10.8. The molecule has 140 valence electrons. The van der Waals surface area contributed by atoms with Crippen LogP contribution in [0, 0.1) is 13.8 Å². The van der Waals surface area contributed by atoms with Gasteiger partial charge in [-0.1, -0.05) is 31.2 Å². The van der Waals surface area contributed by atoms with Crippen molar-refractivity contribution in [1.82, 2.24) is 9.80 Å². The lowest BCUT2D eigenvalue weighted by Gasteiger charge is -2.23. The zero-order chi connectivity index (χ0) is 19.1. The number of hydrogen-bond acceptors (Lipinski definition) is 4. The number of carbonyl (C=O) groups excluding carboxylic acids is 2. The number of para-hydroxylation sites is 1. The van der Waals surface area contributed by atoms with Crippen molar-refractivity contribution in [3.63, 3.8) is 0 Å². The fourth-order valence-electron chi connectivity index (χ4n) is 2.71. The van der Waals surface area contributed by atoms with Gasteiger partial charge in [-0.3, -0.25) is 14.5 Å². The molecule has 0 saturated heterocycles. The molecule has 6 heteroatoms. The molecular weight excluding hydrogens is 346 g/mol. The molecule has 0 aliphatic rings. The Morgan fingerprint density at radius 2 is 1.77 bits per heavy atom. The van der Waals surface area contributed by atoms with Gasteiger partial charge in [-0.05, 0) is 43.0 Å². The van der Waals surface area contributed by atoms with E-state index in [-0.39, 0.29) is 18.4 Å². The smallest absolute Gasteiger partial charge is 0.243 e. The van der Waals surface area contributed by atoms with Crippen molar-refractivity contribution >= 4 is 28.8 Å². The molecule has 0 atom stereocenters. The van der Waals surface area contributed by atoms with Crippen LogP contribution in [0.4, 0.5) is 5.69 Å². The lowest BCUT2D eigenvalue weighted by atomic mass is 10.1. The summed E-state index contributed by atoms with van der Waals surface area (Å²) in [5.74, 6) is -0.236. The molecule has 0 saturated carbocycles. The number of aryl methyl sites for hydroxylation is 2. The van der Waals surface area contributed by atoms with Gasteiger partial charge in [0.2, 0.25) is 11.8 Å². The molecule has 2 amide bonds. The molecule has 0 fully saturated rings. The maximum Gasteiger partial charge on any atom is 0.243 e. The second-order valence-electron chi connectivity index (χ2n) is 6.45. The Bertz CT molecular complexity index is 723. The number of hydrogen-bond donors (Lipinski definition) is 1. The fraction of sp³-hybridized carbons (Fsp3) is 0.400. The monoisotopic (exact) mass is 373 g/mol. The minimum absolute atomic E-state index is 0.0448. The van der Waals surface area contributed by atoms with Gasteiger partial charge in [0.1, 0.15) is 0 Å². The molecular formula is C20H27N3O2S. The molecule has 0 aliphatic carbocycles. The predicted molar refractivity (Wildman–Crippen MR) is 107 cm³/mol. The summed E-state index contributed by atoms with van der Waals surface area (Å²) in [7, 11) is 1.67. The number of rotatable bonds is 8. The summed E-state index contributed by atoms with van der Waals surface area (Å²) < 4.78 is 0. The average Bonchev–Trinajstić information content (AvgIpc) is 3.10. The number of amides is 2. The van der Waals surface area contributed by atoms with Gasteiger partial charge in [-0.2, -0.15) is 0 Å². The van der Waals surface area contributed by atoms with Crippen molar-refractivity contribution in [2.45, 2.75) is 27.3 Å². The number of anilines is 1. The number of nitrogens with zero attached hydrogens (tertiary/aromatic N) is 2. The largest absolute Gasteiger partial charge is 0.335 e. The summed E-state index contributed by atoms with van der Waals surface area (Å²) in [6.45, 7) is 7.84. The van der Waals surface area contributed by atoms with E-state index in [0.717, 1.165) is 29.9 Å². The van der Waals surface area contributed by atoms with Crippen LogP contribution in [-0.4, -0.2) is 48.3 Å². The zero-order valence-electron chi connectivity index (χ0n) is 15.9. The van der Waals surface area contributed by atoms with Gasteiger partial charge in [0.05, 0.1) is 13.1 Å². The summed E-state index contributed by atoms with van der Waals surface area (Å²) in [5.41, 5.74) is 2.85. The van der Waals surface area contributed by atoms with Crippen molar-refractivity contribution in [3.8, 4) is 0 Å². The first-order valence-corrected chi connectivity index (χ1v) is 9.63. The molecule has 2 aromatic rings. The molecule has 1 heterocycles. The minimum atomic E-state index is -0.181. The first kappa shape index (κ1) is 20.1. The van der Waals surface area contributed by atoms with Crippen LogP contribution in [0.25, 0.3) is 0 Å². The Morgan fingerprint density at radius 1 is 1.08 bits per heavy atom. The number of likely N-dealkylation sites (N-methyl/N-ethyl adjacent to an activating group) is 2. The highest BCUT2D eigenvalue weighted by molar-refractivity contribution is 7.09. The van der Waals surface area contributed by atoms with E-state index >= 15 is 0 Å². The van der Waals surface area contributed by atoms with Gasteiger partial charge < -0.3 is 10.2 Å². The van der Waals surface area contributed by atoms with Crippen LogP contribution in [0.15, 0.2) is 35.7 Å². The lowest BCUT2D eigenvalue weighted by molar-refractivity contribution is -0.134. The van der Waals surface area contributed by atoms with Crippen molar-refractivity contribution in [2.75, 3.05) is 32.0 Å². The van der Waals surface area contributed by atoms with E-state index in [2.05, 4.69) is 16.3 Å². The molecule has 0 bridgehead atoms. The molecule has 0 spiro atoms. The van der Waals surface area contributed by atoms with Gasteiger partial charge >= 0.3 is 0 Å². The number of carbonyl (C=O) groups is 2. The zero-order valence-corrected chi connectivity index (χ0v) is 16.7. The first-order chi connectivity index (χ1) is 12.4. The number of nitrogens with one attached hydrogen (secondary N) is 1. The van der Waals surface area contributed by atoms with Crippen LogP contribution < -0.4 is 5.32 Å². The quantitative estimate of drug-likeness (QED) is 0.773. The van der Waals surface area contributed by atoms with Crippen molar-refractivity contribution < 1.29 is 9.59 Å². The second kappa shape index (κ2) is 9.50. The Morgan fingerprint density at radius 3 is 2.35 bits per heavy atom. The standard InChI is InChI=1S/C20H27N3O2S/c1-5-23(12-17-10-7-11-26-17)14-19(25)22(4)13-18(24)21-20-15(2)8-6-9-16(20)3/h6-11H,5,12-14H2,1-4H3,(H,21,24). The van der Waals surface area contributed by atoms with E-state index < -0.39 is 0 Å². The maximum absolute atomic E-state index is 12.5. The van der Waals surface area contributed by atoms with E-state index in [1.807, 2.05) is 50.4 Å². The van der Waals surface area contributed by atoms with E-state index in [0.29, 0.717) is 6.54 Å². The van der Waals surface area contributed by atoms with Crippen molar-refractivity contribution in [2.24, 2.45) is 0 Å². The second-order valence-corrected chi connectivity index (χ2v) is 7.48. The number of benzene rings is 1. The first-order valence-electron chi connectivity index (χ1n) is 8.75. The Labute approximate surface area is 159 Å². The number of thiophene rings is 1. The molecule has 1 N–H and O–H groups in total. The third kappa shape index (κ3) is 5.68. The Hall–Kier alpha value is -2.18. The van der Waals surface area contributed by atoms with E-state index in [1.165, 1.54) is 9.78 Å². The van der Waals surface area contributed by atoms with Crippen LogP contribution in [0.5, 0.6) is 0 Å². The summed E-state index contributed by atoms with van der Waals surface area (Å²) in [6.07, 6.45) is 0. The molecule has 1 aromatic heterocycles. The van der Waals surface area contributed by atoms with E-state index in [1.54, 1.807) is 18.4 Å². The van der Waals surface area contributed by atoms with Gasteiger partial charge in [0.15, 0.2) is 0 Å². The maximum atomic E-state index is 12.5. The van der Waals surface area contributed by atoms with Crippen LogP contribution >= 0.6 is 11.3 Å². The van der Waals surface area contributed by atoms with Gasteiger partial charge in [0, 0.05) is 24.2 Å². The highest BCUT2D eigenvalue weighted by atomic mass is 32.1. The minimum Gasteiger partial charge on any atom is -0.335 e. The third-order valence-corrected chi connectivity index (χ3v) is 5.18. The Kier molecular flexibility index (Phi) is 7.36.